The molecule has 2 aromatic carbocycles. The van der Waals surface area contributed by atoms with E-state index in [4.69, 9.17) is 9.47 Å². The first-order valence-corrected chi connectivity index (χ1v) is 8.25. The highest BCUT2D eigenvalue weighted by atomic mass is 16.5. The van der Waals surface area contributed by atoms with Crippen molar-refractivity contribution in [3.05, 3.63) is 71.8 Å². The first-order chi connectivity index (χ1) is 12.6. The second-order valence-corrected chi connectivity index (χ2v) is 5.83. The van der Waals surface area contributed by atoms with Gasteiger partial charge in [0.05, 0.1) is 0 Å². The second-order valence-electron chi connectivity index (χ2n) is 5.83. The Balaban J connectivity index is 1.87. The van der Waals surface area contributed by atoms with Crippen molar-refractivity contribution in [1.82, 2.24) is 5.32 Å². The minimum absolute atomic E-state index is 0.178. The van der Waals surface area contributed by atoms with Gasteiger partial charge in [-0.15, -0.1) is 0 Å². The number of hydrogen-bond acceptors (Lipinski definition) is 4. The zero-order chi connectivity index (χ0) is 18.4. The Kier molecular flexibility index (Phi) is 5.53. The molecule has 0 saturated heterocycles. The number of carboxylic acids is 1. The van der Waals surface area contributed by atoms with Crippen LogP contribution >= 0.6 is 0 Å². The number of rotatable bonds is 1. The third kappa shape index (κ3) is 4.63. The van der Waals surface area contributed by atoms with Crippen LogP contribution in [0.4, 0.5) is 0 Å². The van der Waals surface area contributed by atoms with E-state index in [9.17, 15) is 14.7 Å². The van der Waals surface area contributed by atoms with Gasteiger partial charge < -0.3 is 19.9 Å². The summed E-state index contributed by atoms with van der Waals surface area (Å²) in [4.78, 5) is 24.0. The standard InChI is InChI=1S/C20H19NO5/c22-19-15-4-3-5-17(13-15)26-11-2-1-10-25-16-8-6-14(7-9-16)12-18(21-19)20(23)24/h1-9,13,18H,10-12H2,(H,21,22)(H,23,24)/t18-/m0/s1. The summed E-state index contributed by atoms with van der Waals surface area (Å²) in [6, 6.07) is 12.8. The lowest BCUT2D eigenvalue weighted by molar-refractivity contribution is -0.139. The summed E-state index contributed by atoms with van der Waals surface area (Å²) in [5.41, 5.74) is 1.14. The van der Waals surface area contributed by atoms with Gasteiger partial charge in [0.25, 0.3) is 5.91 Å². The molecule has 6 nitrogen and oxygen atoms in total. The molecule has 2 aromatic rings. The molecule has 0 aliphatic carbocycles. The van der Waals surface area contributed by atoms with Crippen LogP contribution in [0, 0.1) is 0 Å². The van der Waals surface area contributed by atoms with Crippen molar-refractivity contribution in [2.75, 3.05) is 13.2 Å². The Morgan fingerprint density at radius 2 is 1.69 bits per heavy atom. The smallest absolute Gasteiger partial charge is 0.326 e. The van der Waals surface area contributed by atoms with E-state index < -0.39 is 17.9 Å². The van der Waals surface area contributed by atoms with Gasteiger partial charge in [-0.3, -0.25) is 4.79 Å². The first kappa shape index (κ1) is 17.5. The van der Waals surface area contributed by atoms with E-state index in [1.807, 2.05) is 12.2 Å². The average molecular weight is 353 g/mol. The minimum atomic E-state index is -1.09. The predicted octanol–water partition coefficient (Wildman–Crippen LogP) is 2.44. The summed E-state index contributed by atoms with van der Waals surface area (Å²) in [5, 5.41) is 12.0. The molecular weight excluding hydrogens is 334 g/mol. The highest BCUT2D eigenvalue weighted by Crippen LogP contribution is 2.16. The Labute approximate surface area is 151 Å². The number of carboxylic acid groups (broad SMARTS) is 1. The summed E-state index contributed by atoms with van der Waals surface area (Å²) in [5.74, 6) is -0.325. The lowest BCUT2D eigenvalue weighted by Gasteiger charge is -2.15. The molecule has 134 valence electrons. The molecule has 26 heavy (non-hydrogen) atoms. The van der Waals surface area contributed by atoms with Crippen LogP contribution < -0.4 is 14.8 Å². The van der Waals surface area contributed by atoms with Crippen LogP contribution in [0.3, 0.4) is 0 Å². The molecule has 0 spiro atoms. The molecule has 1 atom stereocenters. The number of amides is 1. The fourth-order valence-corrected chi connectivity index (χ4v) is 2.55. The molecule has 0 fully saturated rings. The van der Waals surface area contributed by atoms with Crippen molar-refractivity contribution < 1.29 is 24.2 Å². The zero-order valence-electron chi connectivity index (χ0n) is 14.1. The lowest BCUT2D eigenvalue weighted by Crippen LogP contribution is -2.42. The molecule has 2 aliphatic heterocycles. The SMILES string of the molecule is O=C1N[C@H](C(=O)O)Cc2ccc(cc2)OCC=CCOc2cccc1c2. The molecule has 2 aliphatic rings. The van der Waals surface area contributed by atoms with Gasteiger partial charge in [0.1, 0.15) is 30.8 Å². The summed E-state index contributed by atoms with van der Waals surface area (Å²) in [6.45, 7) is 0.742. The van der Waals surface area contributed by atoms with E-state index >= 15 is 0 Å². The van der Waals surface area contributed by atoms with Crippen molar-refractivity contribution in [2.45, 2.75) is 12.5 Å². The van der Waals surface area contributed by atoms with Gasteiger partial charge in [-0.25, -0.2) is 4.79 Å². The average Bonchev–Trinajstić information content (AvgIpc) is 2.65. The zero-order valence-corrected chi connectivity index (χ0v) is 14.1. The van der Waals surface area contributed by atoms with Gasteiger partial charge in [0, 0.05) is 12.0 Å². The summed E-state index contributed by atoms with van der Waals surface area (Å²) >= 11 is 0. The molecular formula is C20H19NO5. The quantitative estimate of drug-likeness (QED) is 0.769. The maximum atomic E-state index is 12.4. The van der Waals surface area contributed by atoms with Gasteiger partial charge >= 0.3 is 5.97 Å². The van der Waals surface area contributed by atoms with Gasteiger partial charge in [-0.05, 0) is 48.0 Å². The summed E-state index contributed by atoms with van der Waals surface area (Å²) in [7, 11) is 0. The van der Waals surface area contributed by atoms with Crippen molar-refractivity contribution in [2.24, 2.45) is 0 Å². The Bertz CT molecular complexity index is 813. The van der Waals surface area contributed by atoms with Crippen LogP contribution in [-0.2, 0) is 11.2 Å². The Morgan fingerprint density at radius 1 is 1.00 bits per heavy atom. The largest absolute Gasteiger partial charge is 0.490 e. The molecule has 0 radical (unpaired) electrons. The topological polar surface area (TPSA) is 84.9 Å². The molecule has 0 aromatic heterocycles. The van der Waals surface area contributed by atoms with Crippen molar-refractivity contribution in [1.29, 1.82) is 0 Å². The second kappa shape index (κ2) is 8.20. The number of ether oxygens (including phenoxy) is 2. The number of hydrogen-bond donors (Lipinski definition) is 2. The third-order valence-electron chi connectivity index (χ3n) is 3.92. The summed E-state index contributed by atoms with van der Waals surface area (Å²) in [6.07, 6.45) is 3.86. The highest BCUT2D eigenvalue weighted by Gasteiger charge is 2.21. The molecule has 4 bridgehead atoms. The number of benzene rings is 2. The molecule has 6 heteroatoms. The van der Waals surface area contributed by atoms with E-state index in [1.165, 1.54) is 0 Å². The van der Waals surface area contributed by atoms with Gasteiger partial charge in [0.15, 0.2) is 0 Å². The van der Waals surface area contributed by atoms with Crippen LogP contribution in [0.25, 0.3) is 0 Å². The maximum Gasteiger partial charge on any atom is 0.326 e. The first-order valence-electron chi connectivity index (χ1n) is 8.25. The van der Waals surface area contributed by atoms with Gasteiger partial charge in [-0.1, -0.05) is 18.2 Å². The third-order valence-corrected chi connectivity index (χ3v) is 3.92. The molecule has 0 unspecified atom stereocenters. The molecule has 2 N–H and O–H groups in total. The van der Waals surface area contributed by atoms with E-state index in [0.29, 0.717) is 30.3 Å². The maximum absolute atomic E-state index is 12.4. The molecule has 4 rings (SSSR count). The van der Waals surface area contributed by atoms with Crippen LogP contribution in [-0.4, -0.2) is 36.2 Å². The highest BCUT2D eigenvalue weighted by molar-refractivity contribution is 5.97. The van der Waals surface area contributed by atoms with E-state index in [1.54, 1.807) is 48.5 Å². The van der Waals surface area contributed by atoms with Gasteiger partial charge in [0.2, 0.25) is 0 Å². The van der Waals surface area contributed by atoms with Crippen LogP contribution in [0.5, 0.6) is 11.5 Å². The number of carbonyl (C=O) groups is 2. The molecule has 0 saturated carbocycles. The van der Waals surface area contributed by atoms with Crippen LogP contribution in [0.1, 0.15) is 15.9 Å². The summed E-state index contributed by atoms with van der Waals surface area (Å²) < 4.78 is 11.2. The fraction of sp³-hybridized carbons (Fsp3) is 0.200. The van der Waals surface area contributed by atoms with E-state index in [0.717, 1.165) is 5.56 Å². The van der Waals surface area contributed by atoms with Gasteiger partial charge in [-0.2, -0.15) is 0 Å². The Morgan fingerprint density at radius 3 is 2.38 bits per heavy atom. The van der Waals surface area contributed by atoms with E-state index in [-0.39, 0.29) is 6.42 Å². The van der Waals surface area contributed by atoms with Crippen molar-refractivity contribution >= 4 is 11.9 Å². The number of aliphatic carboxylic acids is 1. The predicted molar refractivity (Wildman–Crippen MR) is 95.6 cm³/mol. The van der Waals surface area contributed by atoms with Crippen molar-refractivity contribution in [3.8, 4) is 11.5 Å². The number of nitrogens with one attached hydrogen (secondary N) is 1. The normalized spacial score (nSPS) is 17.5. The van der Waals surface area contributed by atoms with Crippen LogP contribution in [0.2, 0.25) is 0 Å². The lowest BCUT2D eigenvalue weighted by atomic mass is 10.1. The number of carbonyl (C=O) groups excluding carboxylic acids is 1. The van der Waals surface area contributed by atoms with Crippen LogP contribution in [0.15, 0.2) is 60.7 Å². The number of fused-ring (bicyclic) bond motifs is 9. The molecule has 2 heterocycles. The Hall–Kier alpha value is -3.28. The fourth-order valence-electron chi connectivity index (χ4n) is 2.55. The molecule has 1 amide bonds. The van der Waals surface area contributed by atoms with Crippen molar-refractivity contribution in [3.63, 3.8) is 0 Å². The minimum Gasteiger partial charge on any atom is -0.490 e. The van der Waals surface area contributed by atoms with E-state index in [2.05, 4.69) is 5.32 Å². The monoisotopic (exact) mass is 353 g/mol.